The number of nitrogens with zero attached hydrogens (tertiary/aromatic N) is 1. The molecule has 3 nitrogen and oxygen atoms in total. The Morgan fingerprint density at radius 2 is 2.24 bits per heavy atom. The fraction of sp³-hybridized carbons (Fsp3) is 0.643. The average Bonchev–Trinajstić information content (AvgIpc) is 2.83. The molecule has 0 bridgehead atoms. The first-order valence-corrected chi connectivity index (χ1v) is 6.65. The molecular formula is C14H22N2O. The summed E-state index contributed by atoms with van der Waals surface area (Å²) in [5.74, 6) is 1.74. The van der Waals surface area contributed by atoms with E-state index in [1.807, 2.05) is 12.3 Å². The van der Waals surface area contributed by atoms with E-state index in [4.69, 9.17) is 4.74 Å². The Bertz CT molecular complexity index is 335. The van der Waals surface area contributed by atoms with Crippen LogP contribution in [0.15, 0.2) is 18.3 Å². The molecule has 0 atom stereocenters. The molecule has 0 aliphatic heterocycles. The molecule has 1 aromatic heterocycles. The Morgan fingerprint density at radius 3 is 3.00 bits per heavy atom. The van der Waals surface area contributed by atoms with Crippen LogP contribution in [0.5, 0.6) is 0 Å². The van der Waals surface area contributed by atoms with Crippen molar-refractivity contribution in [2.75, 3.05) is 18.5 Å². The van der Waals surface area contributed by atoms with Crippen molar-refractivity contribution in [1.29, 1.82) is 0 Å². The molecule has 1 fully saturated rings. The molecule has 0 amide bonds. The largest absolute Gasteiger partial charge is 0.376 e. The van der Waals surface area contributed by atoms with Crippen LogP contribution in [-0.4, -0.2) is 18.1 Å². The molecule has 1 heterocycles. The maximum absolute atomic E-state index is 5.78. The molecule has 1 aromatic rings. The number of anilines is 1. The van der Waals surface area contributed by atoms with Gasteiger partial charge in [-0.2, -0.15) is 0 Å². The minimum atomic E-state index is 0.706. The summed E-state index contributed by atoms with van der Waals surface area (Å²) in [7, 11) is 0. The van der Waals surface area contributed by atoms with E-state index in [1.54, 1.807) is 0 Å². The summed E-state index contributed by atoms with van der Waals surface area (Å²) in [6.07, 6.45) is 7.30. The van der Waals surface area contributed by atoms with E-state index in [9.17, 15) is 0 Å². The van der Waals surface area contributed by atoms with Gasteiger partial charge in [0.05, 0.1) is 6.61 Å². The number of pyridine rings is 1. The van der Waals surface area contributed by atoms with E-state index in [1.165, 1.54) is 31.2 Å². The van der Waals surface area contributed by atoms with Crippen LogP contribution < -0.4 is 5.32 Å². The molecule has 94 valence electrons. The Balaban J connectivity index is 1.75. The van der Waals surface area contributed by atoms with Crippen LogP contribution in [0.25, 0.3) is 0 Å². The van der Waals surface area contributed by atoms with E-state index in [-0.39, 0.29) is 0 Å². The zero-order valence-electron chi connectivity index (χ0n) is 10.6. The van der Waals surface area contributed by atoms with Gasteiger partial charge < -0.3 is 10.1 Å². The monoisotopic (exact) mass is 234 g/mol. The lowest BCUT2D eigenvalue weighted by molar-refractivity contribution is 0.0889. The second-order valence-corrected chi connectivity index (χ2v) is 4.75. The van der Waals surface area contributed by atoms with Crippen LogP contribution in [0, 0.1) is 5.92 Å². The molecule has 0 unspecified atom stereocenters. The van der Waals surface area contributed by atoms with Gasteiger partial charge in [-0.25, -0.2) is 4.98 Å². The highest BCUT2D eigenvalue weighted by molar-refractivity contribution is 5.36. The van der Waals surface area contributed by atoms with E-state index < -0.39 is 0 Å². The van der Waals surface area contributed by atoms with Crippen molar-refractivity contribution in [3.8, 4) is 0 Å². The van der Waals surface area contributed by atoms with Crippen LogP contribution in [0.1, 0.15) is 38.2 Å². The zero-order valence-corrected chi connectivity index (χ0v) is 10.6. The first-order valence-electron chi connectivity index (χ1n) is 6.65. The highest BCUT2D eigenvalue weighted by atomic mass is 16.5. The van der Waals surface area contributed by atoms with Crippen molar-refractivity contribution in [3.05, 3.63) is 23.9 Å². The Morgan fingerprint density at radius 1 is 1.41 bits per heavy atom. The van der Waals surface area contributed by atoms with Crippen molar-refractivity contribution in [3.63, 3.8) is 0 Å². The third kappa shape index (κ3) is 4.00. The normalized spacial score (nSPS) is 16.3. The second-order valence-electron chi connectivity index (χ2n) is 4.75. The minimum absolute atomic E-state index is 0.706. The van der Waals surface area contributed by atoms with Crippen LogP contribution in [0.2, 0.25) is 0 Å². The standard InChI is InChI=1S/C14H22N2O/c1-2-15-14-9-13(7-8-16-14)11-17-10-12-5-3-4-6-12/h7-9,12H,2-6,10-11H2,1H3,(H,15,16). The molecule has 17 heavy (non-hydrogen) atoms. The van der Waals surface area contributed by atoms with E-state index in [0.717, 1.165) is 24.9 Å². The van der Waals surface area contributed by atoms with Gasteiger partial charge in [0.1, 0.15) is 5.82 Å². The second kappa shape index (κ2) is 6.60. The Labute approximate surface area is 104 Å². The van der Waals surface area contributed by atoms with Gasteiger partial charge >= 0.3 is 0 Å². The number of nitrogens with one attached hydrogen (secondary N) is 1. The predicted octanol–water partition coefficient (Wildman–Crippen LogP) is 3.22. The fourth-order valence-corrected chi connectivity index (χ4v) is 2.36. The first-order chi connectivity index (χ1) is 8.38. The lowest BCUT2D eigenvalue weighted by Crippen LogP contribution is -2.06. The smallest absolute Gasteiger partial charge is 0.126 e. The van der Waals surface area contributed by atoms with Crippen LogP contribution in [0.3, 0.4) is 0 Å². The molecule has 0 spiro atoms. The summed E-state index contributed by atoms with van der Waals surface area (Å²) in [6.45, 7) is 4.60. The third-order valence-corrected chi connectivity index (χ3v) is 3.28. The summed E-state index contributed by atoms with van der Waals surface area (Å²) in [5, 5.41) is 3.21. The summed E-state index contributed by atoms with van der Waals surface area (Å²) < 4.78 is 5.78. The summed E-state index contributed by atoms with van der Waals surface area (Å²) in [4.78, 5) is 4.25. The van der Waals surface area contributed by atoms with Crippen LogP contribution >= 0.6 is 0 Å². The van der Waals surface area contributed by atoms with Gasteiger partial charge in [-0.1, -0.05) is 12.8 Å². The molecular weight excluding hydrogens is 212 g/mol. The topological polar surface area (TPSA) is 34.1 Å². The Hall–Kier alpha value is -1.09. The molecule has 0 saturated heterocycles. The lowest BCUT2D eigenvalue weighted by atomic mass is 10.1. The van der Waals surface area contributed by atoms with Gasteiger partial charge in [0.2, 0.25) is 0 Å². The van der Waals surface area contributed by atoms with Crippen molar-refractivity contribution in [2.45, 2.75) is 39.2 Å². The number of hydrogen-bond acceptors (Lipinski definition) is 3. The molecule has 1 saturated carbocycles. The van der Waals surface area contributed by atoms with Gasteiger partial charge in [0.25, 0.3) is 0 Å². The molecule has 0 radical (unpaired) electrons. The maximum atomic E-state index is 5.78. The van der Waals surface area contributed by atoms with E-state index >= 15 is 0 Å². The van der Waals surface area contributed by atoms with Crippen molar-refractivity contribution in [2.24, 2.45) is 5.92 Å². The molecule has 3 heteroatoms. The molecule has 1 N–H and O–H groups in total. The number of aromatic nitrogens is 1. The van der Waals surface area contributed by atoms with Gasteiger partial charge in [0, 0.05) is 19.3 Å². The highest BCUT2D eigenvalue weighted by Gasteiger charge is 2.14. The van der Waals surface area contributed by atoms with Crippen molar-refractivity contribution >= 4 is 5.82 Å². The van der Waals surface area contributed by atoms with Crippen molar-refractivity contribution < 1.29 is 4.74 Å². The first kappa shape index (κ1) is 12.4. The van der Waals surface area contributed by atoms with Crippen molar-refractivity contribution in [1.82, 2.24) is 4.98 Å². The predicted molar refractivity (Wildman–Crippen MR) is 70.0 cm³/mol. The summed E-state index contributed by atoms with van der Waals surface area (Å²) in [5.41, 5.74) is 1.20. The van der Waals surface area contributed by atoms with E-state index in [0.29, 0.717) is 6.61 Å². The van der Waals surface area contributed by atoms with Gasteiger partial charge in [-0.05, 0) is 43.4 Å². The molecule has 0 aromatic carbocycles. The molecule has 1 aliphatic carbocycles. The van der Waals surface area contributed by atoms with Gasteiger partial charge in [-0.15, -0.1) is 0 Å². The quantitative estimate of drug-likeness (QED) is 0.820. The Kier molecular flexibility index (Phi) is 4.80. The maximum Gasteiger partial charge on any atom is 0.126 e. The van der Waals surface area contributed by atoms with E-state index in [2.05, 4.69) is 23.3 Å². The summed E-state index contributed by atoms with van der Waals surface area (Å²) >= 11 is 0. The fourth-order valence-electron chi connectivity index (χ4n) is 2.36. The minimum Gasteiger partial charge on any atom is -0.376 e. The zero-order chi connectivity index (χ0) is 11.9. The molecule has 2 rings (SSSR count). The number of hydrogen-bond donors (Lipinski definition) is 1. The van der Waals surface area contributed by atoms with Crippen LogP contribution in [-0.2, 0) is 11.3 Å². The SMILES string of the molecule is CCNc1cc(COCC2CCCC2)ccn1. The van der Waals surface area contributed by atoms with Gasteiger partial charge in [-0.3, -0.25) is 0 Å². The molecule has 1 aliphatic rings. The van der Waals surface area contributed by atoms with Gasteiger partial charge in [0.15, 0.2) is 0 Å². The average molecular weight is 234 g/mol. The summed E-state index contributed by atoms with van der Waals surface area (Å²) in [6, 6.07) is 4.09. The lowest BCUT2D eigenvalue weighted by Gasteiger charge is -2.10. The number of ether oxygens (including phenoxy) is 1. The highest BCUT2D eigenvalue weighted by Crippen LogP contribution is 2.25. The number of rotatable bonds is 6. The third-order valence-electron chi connectivity index (χ3n) is 3.28. The van der Waals surface area contributed by atoms with Crippen LogP contribution in [0.4, 0.5) is 5.82 Å².